The lowest BCUT2D eigenvalue weighted by Gasteiger charge is -2.33. The second-order valence-corrected chi connectivity index (χ2v) is 5.71. The van der Waals surface area contributed by atoms with Crippen LogP contribution in [-0.4, -0.2) is 54.4 Å². The summed E-state index contributed by atoms with van der Waals surface area (Å²) >= 11 is 0. The maximum Gasteiger partial charge on any atom is 0.263 e. The molecule has 0 radical (unpaired) electrons. The zero-order valence-corrected chi connectivity index (χ0v) is 13.4. The van der Waals surface area contributed by atoms with Gasteiger partial charge < -0.3 is 19.5 Å². The third kappa shape index (κ3) is 3.26. The van der Waals surface area contributed by atoms with Crippen molar-refractivity contribution >= 4 is 22.8 Å². The number of nitrogens with zero attached hydrogens (tertiary/aromatic N) is 4. The highest BCUT2D eigenvalue weighted by Crippen LogP contribution is 2.29. The maximum atomic E-state index is 12.3. The predicted octanol–water partition coefficient (Wildman–Crippen LogP) is 0.905. The summed E-state index contributed by atoms with van der Waals surface area (Å²) < 4.78 is 10.2. The van der Waals surface area contributed by atoms with E-state index in [1.165, 1.54) is 6.33 Å². The molecule has 1 amide bonds. The van der Waals surface area contributed by atoms with Crippen LogP contribution in [0.2, 0.25) is 0 Å². The Labute approximate surface area is 134 Å². The number of ether oxygens (including phenoxy) is 1. The van der Waals surface area contributed by atoms with Gasteiger partial charge >= 0.3 is 0 Å². The number of carbonyl (C=O) groups is 1. The van der Waals surface area contributed by atoms with E-state index >= 15 is 0 Å². The summed E-state index contributed by atoms with van der Waals surface area (Å²) in [5.74, 6) is 0.813. The van der Waals surface area contributed by atoms with Crippen molar-refractivity contribution < 1.29 is 14.1 Å². The molecule has 124 valence electrons. The van der Waals surface area contributed by atoms with Crippen molar-refractivity contribution in [2.45, 2.75) is 19.8 Å². The fourth-order valence-electron chi connectivity index (χ4n) is 2.95. The number of methoxy groups -OCH3 is 1. The van der Waals surface area contributed by atoms with Crippen molar-refractivity contribution in [2.75, 3.05) is 38.3 Å². The minimum Gasteiger partial charge on any atom is -0.383 e. The lowest BCUT2D eigenvalue weighted by atomic mass is 9.97. The summed E-state index contributed by atoms with van der Waals surface area (Å²) in [7, 11) is 1.62. The molecule has 2 aromatic rings. The highest BCUT2D eigenvalue weighted by Gasteiger charge is 2.28. The van der Waals surface area contributed by atoms with Crippen LogP contribution in [0.1, 0.15) is 18.5 Å². The van der Waals surface area contributed by atoms with E-state index in [1.54, 1.807) is 7.11 Å². The first-order chi connectivity index (χ1) is 11.2. The van der Waals surface area contributed by atoms with Gasteiger partial charge in [0, 0.05) is 26.7 Å². The van der Waals surface area contributed by atoms with Crippen LogP contribution in [0.5, 0.6) is 0 Å². The highest BCUT2D eigenvalue weighted by atomic mass is 16.5. The lowest BCUT2D eigenvalue weighted by molar-refractivity contribution is -0.125. The second-order valence-electron chi connectivity index (χ2n) is 5.71. The number of amides is 1. The van der Waals surface area contributed by atoms with Gasteiger partial charge in [0.2, 0.25) is 5.91 Å². The molecule has 3 heterocycles. The predicted molar refractivity (Wildman–Crippen MR) is 84.2 cm³/mol. The number of hydrogen-bond donors (Lipinski definition) is 1. The number of rotatable bonds is 5. The molecule has 3 rings (SSSR count). The standard InChI is InChI=1S/C15H21N5O3/c1-10-12-13(17-9-18-15(12)23-19-10)20-6-3-4-11(8-20)14(21)16-5-7-22-2/h9,11H,3-8H2,1-2H3,(H,16,21). The van der Waals surface area contributed by atoms with Gasteiger partial charge in [-0.1, -0.05) is 5.16 Å². The Balaban J connectivity index is 1.75. The number of anilines is 1. The lowest BCUT2D eigenvalue weighted by Crippen LogP contribution is -2.44. The van der Waals surface area contributed by atoms with E-state index in [4.69, 9.17) is 9.26 Å². The van der Waals surface area contributed by atoms with Crippen LogP contribution in [0.15, 0.2) is 10.9 Å². The second kappa shape index (κ2) is 6.91. The first-order valence-electron chi connectivity index (χ1n) is 7.79. The molecule has 0 aromatic carbocycles. The highest BCUT2D eigenvalue weighted by molar-refractivity contribution is 5.88. The van der Waals surface area contributed by atoms with Crippen molar-refractivity contribution in [1.29, 1.82) is 0 Å². The van der Waals surface area contributed by atoms with Gasteiger partial charge in [-0.15, -0.1) is 0 Å². The summed E-state index contributed by atoms with van der Waals surface area (Å²) in [5, 5.41) is 7.70. The topological polar surface area (TPSA) is 93.4 Å². The van der Waals surface area contributed by atoms with Gasteiger partial charge in [-0.3, -0.25) is 4.79 Å². The van der Waals surface area contributed by atoms with Gasteiger partial charge in [0.05, 0.1) is 18.2 Å². The Hall–Kier alpha value is -2.22. The van der Waals surface area contributed by atoms with Crippen LogP contribution in [0.3, 0.4) is 0 Å². The third-order valence-electron chi connectivity index (χ3n) is 4.12. The van der Waals surface area contributed by atoms with Gasteiger partial charge in [-0.05, 0) is 19.8 Å². The molecule has 1 aliphatic rings. The van der Waals surface area contributed by atoms with E-state index < -0.39 is 0 Å². The van der Waals surface area contributed by atoms with Gasteiger partial charge in [-0.25, -0.2) is 4.98 Å². The molecule has 23 heavy (non-hydrogen) atoms. The average molecular weight is 319 g/mol. The molecule has 1 saturated heterocycles. The molecule has 0 aliphatic carbocycles. The Morgan fingerprint density at radius 2 is 2.39 bits per heavy atom. The molecular weight excluding hydrogens is 298 g/mol. The Bertz CT molecular complexity index is 687. The van der Waals surface area contributed by atoms with E-state index in [2.05, 4.69) is 25.3 Å². The summed E-state index contributed by atoms with van der Waals surface area (Å²) in [5.41, 5.74) is 1.25. The van der Waals surface area contributed by atoms with Crippen LogP contribution >= 0.6 is 0 Å². The Kier molecular flexibility index (Phi) is 4.71. The SMILES string of the molecule is COCCNC(=O)C1CCCN(c2ncnc3onc(C)c23)C1. The minimum absolute atomic E-state index is 0.0502. The molecule has 0 bridgehead atoms. The number of hydrogen-bond acceptors (Lipinski definition) is 7. The molecule has 8 heteroatoms. The molecule has 8 nitrogen and oxygen atoms in total. The fraction of sp³-hybridized carbons (Fsp3) is 0.600. The molecule has 0 saturated carbocycles. The van der Waals surface area contributed by atoms with Crippen LogP contribution in [0.25, 0.3) is 11.1 Å². The molecule has 1 N–H and O–H groups in total. The maximum absolute atomic E-state index is 12.3. The summed E-state index contributed by atoms with van der Waals surface area (Å²) in [4.78, 5) is 22.9. The quantitative estimate of drug-likeness (QED) is 0.818. The fourth-order valence-corrected chi connectivity index (χ4v) is 2.95. The van der Waals surface area contributed by atoms with Crippen LogP contribution in [0.4, 0.5) is 5.82 Å². The summed E-state index contributed by atoms with van der Waals surface area (Å²) in [6.45, 7) is 4.43. The van der Waals surface area contributed by atoms with Crippen molar-refractivity contribution in [3.8, 4) is 0 Å². The zero-order valence-electron chi connectivity index (χ0n) is 13.4. The van der Waals surface area contributed by atoms with Crippen molar-refractivity contribution in [2.24, 2.45) is 5.92 Å². The molecule has 1 fully saturated rings. The first-order valence-corrected chi connectivity index (χ1v) is 7.79. The molecule has 2 aromatic heterocycles. The normalized spacial score (nSPS) is 18.3. The van der Waals surface area contributed by atoms with E-state index in [9.17, 15) is 4.79 Å². The molecule has 1 unspecified atom stereocenters. The molecule has 0 spiro atoms. The largest absolute Gasteiger partial charge is 0.383 e. The van der Waals surface area contributed by atoms with Gasteiger partial charge in [0.25, 0.3) is 5.71 Å². The van der Waals surface area contributed by atoms with E-state index in [0.29, 0.717) is 25.4 Å². The van der Waals surface area contributed by atoms with E-state index in [0.717, 1.165) is 36.3 Å². The number of aromatic nitrogens is 3. The molecule has 1 atom stereocenters. The average Bonchev–Trinajstić information content (AvgIpc) is 2.97. The monoisotopic (exact) mass is 319 g/mol. The Morgan fingerprint density at radius 1 is 1.52 bits per heavy atom. The van der Waals surface area contributed by atoms with Gasteiger partial charge in [0.1, 0.15) is 17.5 Å². The minimum atomic E-state index is -0.0502. The summed E-state index contributed by atoms with van der Waals surface area (Å²) in [6.07, 6.45) is 3.30. The number of piperidine rings is 1. The molecular formula is C15H21N5O3. The van der Waals surface area contributed by atoms with E-state index in [-0.39, 0.29) is 11.8 Å². The smallest absolute Gasteiger partial charge is 0.263 e. The first kappa shape index (κ1) is 15.7. The number of nitrogens with one attached hydrogen (secondary N) is 1. The molecule has 1 aliphatic heterocycles. The number of aryl methyl sites for hydroxylation is 1. The van der Waals surface area contributed by atoms with E-state index in [1.807, 2.05) is 6.92 Å². The van der Waals surface area contributed by atoms with Crippen LogP contribution in [0, 0.1) is 12.8 Å². The number of carbonyl (C=O) groups excluding carboxylic acids is 1. The van der Waals surface area contributed by atoms with Crippen molar-refractivity contribution in [3.63, 3.8) is 0 Å². The zero-order chi connectivity index (χ0) is 16.2. The summed E-state index contributed by atoms with van der Waals surface area (Å²) in [6, 6.07) is 0. The van der Waals surface area contributed by atoms with Crippen LogP contribution < -0.4 is 10.2 Å². The Morgan fingerprint density at radius 3 is 3.22 bits per heavy atom. The van der Waals surface area contributed by atoms with Crippen molar-refractivity contribution in [1.82, 2.24) is 20.4 Å². The van der Waals surface area contributed by atoms with Gasteiger partial charge in [-0.2, -0.15) is 4.98 Å². The van der Waals surface area contributed by atoms with Crippen LogP contribution in [-0.2, 0) is 9.53 Å². The number of fused-ring (bicyclic) bond motifs is 1. The third-order valence-corrected chi connectivity index (χ3v) is 4.12. The van der Waals surface area contributed by atoms with Crippen molar-refractivity contribution in [3.05, 3.63) is 12.0 Å². The van der Waals surface area contributed by atoms with Gasteiger partial charge in [0.15, 0.2) is 0 Å².